The summed E-state index contributed by atoms with van der Waals surface area (Å²) < 4.78 is 4.93. The van der Waals surface area contributed by atoms with E-state index in [-0.39, 0.29) is 0 Å². The highest BCUT2D eigenvalue weighted by atomic mass is 15.0. The summed E-state index contributed by atoms with van der Waals surface area (Å²) in [4.78, 5) is 0. The number of allylic oxidation sites excluding steroid dienone is 4. The molecule has 1 unspecified atom stereocenters. The molecular weight excluding hydrogens is 761 g/mol. The van der Waals surface area contributed by atoms with E-state index >= 15 is 0 Å². The van der Waals surface area contributed by atoms with Crippen LogP contribution in [0.4, 0.5) is 0 Å². The minimum atomic E-state index is -0.473. The van der Waals surface area contributed by atoms with Crippen LogP contribution in [0.1, 0.15) is 40.2 Å². The average molecular weight is 803 g/mol. The Hall–Kier alpha value is -7.94. The summed E-state index contributed by atoms with van der Waals surface area (Å²) in [5.74, 6) is 0.381. The summed E-state index contributed by atoms with van der Waals surface area (Å²) in [6, 6.07) is 81.0. The van der Waals surface area contributed by atoms with Gasteiger partial charge in [0.05, 0.1) is 27.5 Å². The number of benzene rings is 9. The van der Waals surface area contributed by atoms with Crippen molar-refractivity contribution in [1.82, 2.24) is 9.13 Å². The standard InChI is InChI=1S/C61H42N2/c1-4-17-41(18-5-1)42-31-35-47(36-32-42)62-56-29-15-12-25-52(56)60-48(26-16-30-58(60)62)43-33-37-51-53-40-45(34-38-57(53)63(59(51)39-43)46-21-8-3-9-22-46)61(44-19-6-2-7-20-44)54-27-13-10-23-49(54)50-24-11-14-28-55(50)61/h1-31,33-40,42H,32H2. The van der Waals surface area contributed by atoms with Gasteiger partial charge in [0.2, 0.25) is 0 Å². The third kappa shape index (κ3) is 5.25. The molecule has 9 aromatic carbocycles. The van der Waals surface area contributed by atoms with Crippen LogP contribution in [0.2, 0.25) is 0 Å². The minimum absolute atomic E-state index is 0.381. The fourth-order valence-electron chi connectivity index (χ4n) is 11.2. The minimum Gasteiger partial charge on any atom is -0.310 e. The number of hydrogen-bond acceptors (Lipinski definition) is 0. The van der Waals surface area contributed by atoms with Crippen molar-refractivity contribution in [2.45, 2.75) is 17.8 Å². The Morgan fingerprint density at radius 1 is 0.413 bits per heavy atom. The highest BCUT2D eigenvalue weighted by molar-refractivity contribution is 6.18. The predicted octanol–water partition coefficient (Wildman–Crippen LogP) is 15.5. The van der Waals surface area contributed by atoms with Gasteiger partial charge in [0, 0.05) is 38.8 Å². The summed E-state index contributed by atoms with van der Waals surface area (Å²) in [6.07, 6.45) is 8.09. The lowest BCUT2D eigenvalue weighted by molar-refractivity contribution is 0.770. The summed E-state index contributed by atoms with van der Waals surface area (Å²) >= 11 is 0. The smallest absolute Gasteiger partial charge is 0.0713 e. The molecule has 1 atom stereocenters. The van der Waals surface area contributed by atoms with Crippen LogP contribution >= 0.6 is 0 Å². The van der Waals surface area contributed by atoms with Crippen LogP contribution in [0.25, 0.3) is 77.2 Å². The number of para-hydroxylation sites is 2. The van der Waals surface area contributed by atoms with Gasteiger partial charge in [-0.1, -0.05) is 188 Å². The van der Waals surface area contributed by atoms with Crippen molar-refractivity contribution in [2.24, 2.45) is 0 Å². The van der Waals surface area contributed by atoms with Gasteiger partial charge in [-0.05, 0) is 105 Å². The molecule has 0 saturated heterocycles. The molecule has 2 aromatic heterocycles. The maximum absolute atomic E-state index is 2.49. The molecule has 63 heavy (non-hydrogen) atoms. The highest BCUT2D eigenvalue weighted by Gasteiger charge is 2.46. The van der Waals surface area contributed by atoms with Crippen LogP contribution in [-0.2, 0) is 5.41 Å². The second-order valence-corrected chi connectivity index (χ2v) is 17.1. The second kappa shape index (κ2) is 14.1. The Morgan fingerprint density at radius 2 is 1.05 bits per heavy atom. The Morgan fingerprint density at radius 3 is 1.79 bits per heavy atom. The van der Waals surface area contributed by atoms with Crippen LogP contribution in [0, 0.1) is 0 Å². The zero-order valence-electron chi connectivity index (χ0n) is 34.7. The van der Waals surface area contributed by atoms with Gasteiger partial charge in [-0.2, -0.15) is 0 Å². The zero-order valence-corrected chi connectivity index (χ0v) is 34.7. The van der Waals surface area contributed by atoms with E-state index < -0.39 is 5.41 Å². The number of hydrogen-bond donors (Lipinski definition) is 0. The Kier molecular flexibility index (Phi) is 7.98. The van der Waals surface area contributed by atoms with Crippen molar-refractivity contribution in [1.29, 1.82) is 0 Å². The molecule has 0 saturated carbocycles. The van der Waals surface area contributed by atoms with Crippen LogP contribution in [0.15, 0.2) is 237 Å². The molecule has 0 amide bonds. The van der Waals surface area contributed by atoms with Crippen molar-refractivity contribution in [2.75, 3.05) is 0 Å². The Labute approximate surface area is 367 Å². The molecule has 13 rings (SSSR count). The largest absolute Gasteiger partial charge is 0.310 e. The summed E-state index contributed by atoms with van der Waals surface area (Å²) in [6.45, 7) is 0. The number of rotatable bonds is 6. The molecule has 0 aliphatic heterocycles. The van der Waals surface area contributed by atoms with E-state index in [1.54, 1.807) is 0 Å². The van der Waals surface area contributed by atoms with E-state index in [0.717, 1.165) is 12.1 Å². The van der Waals surface area contributed by atoms with Crippen LogP contribution in [-0.4, -0.2) is 9.13 Å². The normalized spacial score (nSPS) is 15.2. The summed E-state index contributed by atoms with van der Waals surface area (Å²) in [7, 11) is 0. The maximum atomic E-state index is 2.49. The van der Waals surface area contributed by atoms with Gasteiger partial charge >= 0.3 is 0 Å². The van der Waals surface area contributed by atoms with Gasteiger partial charge in [0.25, 0.3) is 0 Å². The third-order valence-corrected chi connectivity index (χ3v) is 13.9. The van der Waals surface area contributed by atoms with Crippen LogP contribution in [0.3, 0.4) is 0 Å². The first kappa shape index (κ1) is 35.8. The first-order chi connectivity index (χ1) is 31.3. The van der Waals surface area contributed by atoms with Gasteiger partial charge in [-0.25, -0.2) is 0 Å². The first-order valence-corrected chi connectivity index (χ1v) is 22.1. The van der Waals surface area contributed by atoms with E-state index in [0.29, 0.717) is 5.92 Å². The van der Waals surface area contributed by atoms with Gasteiger partial charge in [0.15, 0.2) is 0 Å². The molecule has 0 spiro atoms. The zero-order chi connectivity index (χ0) is 41.5. The quantitative estimate of drug-likeness (QED) is 0.158. The van der Waals surface area contributed by atoms with Gasteiger partial charge in [-0.15, -0.1) is 0 Å². The molecule has 0 bridgehead atoms. The van der Waals surface area contributed by atoms with Crippen LogP contribution in [0.5, 0.6) is 0 Å². The molecule has 0 radical (unpaired) electrons. The van der Waals surface area contributed by atoms with Crippen molar-refractivity contribution >= 4 is 49.3 Å². The predicted molar refractivity (Wildman–Crippen MR) is 264 cm³/mol. The molecule has 2 nitrogen and oxygen atoms in total. The molecule has 2 aliphatic rings. The van der Waals surface area contributed by atoms with Crippen molar-refractivity contribution in [3.05, 3.63) is 264 Å². The lowest BCUT2D eigenvalue weighted by atomic mass is 9.67. The van der Waals surface area contributed by atoms with Gasteiger partial charge in [-0.3, -0.25) is 0 Å². The molecule has 0 fully saturated rings. The Bertz CT molecular complexity index is 3590. The SMILES string of the molecule is C1=CC(c2ccccc2)CC=C1n1c2ccccc2c2c(-c3ccc4c5cc(C6(c7ccccc7)c7ccccc7-c7ccccc76)ccc5n(-c5ccccc5)c4c3)cccc21. The summed E-state index contributed by atoms with van der Waals surface area (Å²) in [5.41, 5.74) is 18.3. The second-order valence-electron chi connectivity index (χ2n) is 17.1. The first-order valence-electron chi connectivity index (χ1n) is 22.1. The van der Waals surface area contributed by atoms with Crippen molar-refractivity contribution in [3.63, 3.8) is 0 Å². The van der Waals surface area contributed by atoms with E-state index in [2.05, 4.69) is 246 Å². The topological polar surface area (TPSA) is 9.86 Å². The number of fused-ring (bicyclic) bond motifs is 9. The average Bonchev–Trinajstić information content (AvgIpc) is 3.99. The fourth-order valence-corrected chi connectivity index (χ4v) is 11.2. The van der Waals surface area contributed by atoms with E-state index in [4.69, 9.17) is 0 Å². The number of aromatic nitrogens is 2. The molecule has 2 heterocycles. The molecule has 296 valence electrons. The molecule has 0 N–H and O–H groups in total. The lowest BCUT2D eigenvalue weighted by Crippen LogP contribution is -2.28. The molecule has 2 aliphatic carbocycles. The molecule has 11 aromatic rings. The van der Waals surface area contributed by atoms with E-state index in [1.165, 1.54) is 99.4 Å². The van der Waals surface area contributed by atoms with E-state index in [9.17, 15) is 0 Å². The van der Waals surface area contributed by atoms with Crippen LogP contribution < -0.4 is 0 Å². The van der Waals surface area contributed by atoms with Crippen molar-refractivity contribution < 1.29 is 0 Å². The monoisotopic (exact) mass is 802 g/mol. The van der Waals surface area contributed by atoms with E-state index in [1.807, 2.05) is 0 Å². The summed E-state index contributed by atoms with van der Waals surface area (Å²) in [5, 5.41) is 5.02. The fraction of sp³-hybridized carbons (Fsp3) is 0.0492. The highest BCUT2D eigenvalue weighted by Crippen LogP contribution is 2.56. The maximum Gasteiger partial charge on any atom is 0.0713 e. The molecular formula is C61H42N2. The van der Waals surface area contributed by atoms with Gasteiger partial charge in [0.1, 0.15) is 0 Å². The third-order valence-electron chi connectivity index (χ3n) is 13.9. The van der Waals surface area contributed by atoms with Gasteiger partial charge < -0.3 is 9.13 Å². The Balaban J connectivity index is 1.02. The van der Waals surface area contributed by atoms with Crippen molar-refractivity contribution in [3.8, 4) is 27.9 Å². The molecule has 2 heteroatoms. The number of nitrogens with zero attached hydrogens (tertiary/aromatic N) is 2. The lowest BCUT2D eigenvalue weighted by Gasteiger charge is -2.34.